The molecule has 7 rings (SSSR count). The molecule has 3 aromatic rings. The smallest absolute Gasteiger partial charge is 0.261 e. The summed E-state index contributed by atoms with van der Waals surface area (Å²) < 4.78 is 1.84. The van der Waals surface area contributed by atoms with Gasteiger partial charge in [-0.2, -0.15) is 0 Å². The van der Waals surface area contributed by atoms with Gasteiger partial charge in [-0.05, 0) is 82.5 Å². The van der Waals surface area contributed by atoms with Crippen LogP contribution < -0.4 is 5.56 Å². The molecule has 0 aliphatic heterocycles. The van der Waals surface area contributed by atoms with Crippen molar-refractivity contribution >= 4 is 22.2 Å². The van der Waals surface area contributed by atoms with Crippen molar-refractivity contribution in [1.29, 1.82) is 0 Å². The van der Waals surface area contributed by atoms with Crippen LogP contribution in [0.3, 0.4) is 0 Å². The van der Waals surface area contributed by atoms with Gasteiger partial charge in [0, 0.05) is 10.8 Å². The van der Waals surface area contributed by atoms with Crippen molar-refractivity contribution in [3.8, 4) is 0 Å². The van der Waals surface area contributed by atoms with Gasteiger partial charge in [0.2, 0.25) is 0 Å². The van der Waals surface area contributed by atoms with Gasteiger partial charge in [-0.3, -0.25) is 9.36 Å². The van der Waals surface area contributed by atoms with Crippen LogP contribution in [-0.2, 0) is 18.5 Å². The van der Waals surface area contributed by atoms with E-state index in [4.69, 9.17) is 9.97 Å². The molecule has 4 fully saturated rings. The van der Waals surface area contributed by atoms with Gasteiger partial charge in [0.1, 0.15) is 10.8 Å². The van der Waals surface area contributed by atoms with Gasteiger partial charge in [0.05, 0.1) is 29.7 Å². The third-order valence-electron chi connectivity index (χ3n) is 7.83. The van der Waals surface area contributed by atoms with Crippen molar-refractivity contribution in [2.75, 3.05) is 14.1 Å². The first-order chi connectivity index (χ1) is 15.0. The van der Waals surface area contributed by atoms with E-state index in [9.17, 15) is 4.79 Å². The Balaban J connectivity index is 1.36. The Morgan fingerprint density at radius 1 is 1.06 bits per heavy atom. The summed E-state index contributed by atoms with van der Waals surface area (Å²) >= 11 is 1.72. The maximum Gasteiger partial charge on any atom is 0.261 e. The van der Waals surface area contributed by atoms with Crippen LogP contribution in [-0.4, -0.2) is 33.5 Å². The first-order valence-electron chi connectivity index (χ1n) is 11.6. The molecule has 6 heteroatoms. The second-order valence-electron chi connectivity index (χ2n) is 10.5. The fourth-order valence-corrected chi connectivity index (χ4v) is 7.87. The molecule has 0 spiro atoms. The summed E-state index contributed by atoms with van der Waals surface area (Å²) in [6.45, 7) is 1.14. The highest BCUT2D eigenvalue weighted by Crippen LogP contribution is 2.60. The van der Waals surface area contributed by atoms with E-state index in [1.807, 2.05) is 42.9 Å². The molecule has 0 atom stereocenters. The molecule has 0 N–H and O–H groups in total. The van der Waals surface area contributed by atoms with Crippen molar-refractivity contribution in [2.24, 2.45) is 17.8 Å². The third kappa shape index (κ3) is 3.35. The summed E-state index contributed by atoms with van der Waals surface area (Å²) in [6.07, 6.45) is 8.31. The largest absolute Gasteiger partial charge is 0.302 e. The summed E-state index contributed by atoms with van der Waals surface area (Å²) in [5.41, 5.74) is 2.42. The SMILES string of the molecule is CN(C)Cc1nc2ccccc2c(=O)n1Cc1nc(C23CC4CC(CC(C4)C2)C3)cs1. The predicted molar refractivity (Wildman–Crippen MR) is 124 cm³/mol. The van der Waals surface area contributed by atoms with E-state index in [0.29, 0.717) is 23.9 Å². The number of para-hydroxylation sites is 1. The Kier molecular flexibility index (Phi) is 4.58. The number of hydrogen-bond donors (Lipinski definition) is 0. The van der Waals surface area contributed by atoms with Crippen molar-refractivity contribution in [2.45, 2.75) is 57.0 Å². The minimum Gasteiger partial charge on any atom is -0.302 e. The zero-order valence-corrected chi connectivity index (χ0v) is 19.2. The number of fused-ring (bicyclic) bond motifs is 1. The lowest BCUT2D eigenvalue weighted by Gasteiger charge is -2.56. The number of aromatic nitrogens is 3. The standard InChI is InChI=1S/C25H30N4OS/c1-28(2)13-22-26-20-6-4-3-5-19(20)24(30)29(22)14-23-27-21(15-31-23)25-10-16-7-17(11-25)9-18(8-16)12-25/h3-6,15-18H,7-14H2,1-2H3. The first-order valence-corrected chi connectivity index (χ1v) is 12.5. The Morgan fingerprint density at radius 2 is 1.74 bits per heavy atom. The summed E-state index contributed by atoms with van der Waals surface area (Å²) in [5, 5.41) is 4.01. The van der Waals surface area contributed by atoms with E-state index < -0.39 is 0 Å². The lowest BCUT2D eigenvalue weighted by atomic mass is 9.49. The lowest BCUT2D eigenvalue weighted by Crippen LogP contribution is -2.48. The molecular weight excluding hydrogens is 404 g/mol. The molecule has 0 radical (unpaired) electrons. The van der Waals surface area contributed by atoms with E-state index in [-0.39, 0.29) is 5.56 Å². The molecule has 0 unspecified atom stereocenters. The maximum absolute atomic E-state index is 13.3. The van der Waals surface area contributed by atoms with Gasteiger partial charge >= 0.3 is 0 Å². The van der Waals surface area contributed by atoms with Gasteiger partial charge < -0.3 is 4.90 Å². The van der Waals surface area contributed by atoms with E-state index >= 15 is 0 Å². The van der Waals surface area contributed by atoms with Crippen LogP contribution in [0, 0.1) is 17.8 Å². The lowest BCUT2D eigenvalue weighted by molar-refractivity contribution is -0.00698. The Hall–Kier alpha value is -2.05. The molecule has 4 bridgehead atoms. The van der Waals surface area contributed by atoms with Crippen LogP contribution >= 0.6 is 11.3 Å². The zero-order valence-electron chi connectivity index (χ0n) is 18.4. The van der Waals surface area contributed by atoms with Crippen LogP contribution in [0.4, 0.5) is 0 Å². The molecule has 4 aliphatic rings. The molecule has 2 heterocycles. The van der Waals surface area contributed by atoms with E-state index in [1.54, 1.807) is 11.3 Å². The van der Waals surface area contributed by atoms with Crippen molar-refractivity contribution < 1.29 is 0 Å². The number of nitrogens with zero attached hydrogens (tertiary/aromatic N) is 4. The number of benzene rings is 1. The van der Waals surface area contributed by atoms with Crippen molar-refractivity contribution in [1.82, 2.24) is 19.4 Å². The molecule has 31 heavy (non-hydrogen) atoms. The van der Waals surface area contributed by atoms with Gasteiger partial charge in [-0.15, -0.1) is 11.3 Å². The predicted octanol–water partition coefficient (Wildman–Crippen LogP) is 4.43. The fourth-order valence-electron chi connectivity index (χ4n) is 6.97. The molecule has 4 saturated carbocycles. The first kappa shape index (κ1) is 19.6. The third-order valence-corrected chi connectivity index (χ3v) is 8.66. The highest BCUT2D eigenvalue weighted by atomic mass is 32.1. The molecule has 0 saturated heterocycles. The second-order valence-corrected chi connectivity index (χ2v) is 11.4. The highest BCUT2D eigenvalue weighted by molar-refractivity contribution is 7.09. The number of thiazole rings is 1. The van der Waals surface area contributed by atoms with Crippen LogP contribution in [0.25, 0.3) is 10.9 Å². The van der Waals surface area contributed by atoms with Gasteiger partial charge in [0.25, 0.3) is 5.56 Å². The van der Waals surface area contributed by atoms with Crippen LogP contribution in [0.5, 0.6) is 0 Å². The quantitative estimate of drug-likeness (QED) is 0.596. The van der Waals surface area contributed by atoms with Gasteiger partial charge in [-0.1, -0.05) is 12.1 Å². The Labute approximate surface area is 187 Å². The van der Waals surface area contributed by atoms with Crippen LogP contribution in [0.2, 0.25) is 0 Å². The summed E-state index contributed by atoms with van der Waals surface area (Å²) in [7, 11) is 4.03. The van der Waals surface area contributed by atoms with E-state index in [2.05, 4.69) is 10.3 Å². The number of hydrogen-bond acceptors (Lipinski definition) is 5. The van der Waals surface area contributed by atoms with Crippen molar-refractivity contribution in [3.63, 3.8) is 0 Å². The summed E-state index contributed by atoms with van der Waals surface area (Å²) in [4.78, 5) is 25.4. The zero-order chi connectivity index (χ0) is 21.2. The van der Waals surface area contributed by atoms with E-state index in [0.717, 1.165) is 34.1 Å². The molecule has 2 aromatic heterocycles. The summed E-state index contributed by atoms with van der Waals surface area (Å²) in [6, 6.07) is 7.66. The fraction of sp³-hybridized carbons (Fsp3) is 0.560. The minimum atomic E-state index is 0.0361. The molecule has 1 aromatic carbocycles. The van der Waals surface area contributed by atoms with Crippen molar-refractivity contribution in [3.05, 3.63) is 56.5 Å². The van der Waals surface area contributed by atoms with Gasteiger partial charge in [-0.25, -0.2) is 9.97 Å². The Bertz CT molecular complexity index is 1160. The minimum absolute atomic E-state index is 0.0361. The number of rotatable bonds is 5. The molecular formula is C25H30N4OS. The average molecular weight is 435 g/mol. The molecule has 5 nitrogen and oxygen atoms in total. The van der Waals surface area contributed by atoms with Gasteiger partial charge in [0.15, 0.2) is 0 Å². The normalized spacial score (nSPS) is 29.3. The maximum atomic E-state index is 13.3. The Morgan fingerprint density at radius 3 is 2.42 bits per heavy atom. The van der Waals surface area contributed by atoms with Crippen LogP contribution in [0.15, 0.2) is 34.4 Å². The summed E-state index contributed by atoms with van der Waals surface area (Å²) in [5.74, 6) is 3.54. The molecule has 0 amide bonds. The topological polar surface area (TPSA) is 51.0 Å². The average Bonchev–Trinajstić information content (AvgIpc) is 3.19. The highest BCUT2D eigenvalue weighted by Gasteiger charge is 2.52. The van der Waals surface area contributed by atoms with E-state index in [1.165, 1.54) is 44.2 Å². The second kappa shape index (κ2) is 7.24. The molecule has 4 aliphatic carbocycles. The van der Waals surface area contributed by atoms with Crippen LogP contribution in [0.1, 0.15) is 55.1 Å². The monoisotopic (exact) mass is 434 g/mol. The molecule has 162 valence electrons.